The second-order valence-corrected chi connectivity index (χ2v) is 3.55. The number of halogens is 1. The van der Waals surface area contributed by atoms with E-state index in [2.05, 4.69) is 10.3 Å². The fourth-order valence-electron chi connectivity index (χ4n) is 1.49. The highest BCUT2D eigenvalue weighted by Crippen LogP contribution is 2.20. The molecule has 0 amide bonds. The lowest BCUT2D eigenvalue weighted by atomic mass is 10.1. The average Bonchev–Trinajstić information content (AvgIpc) is 2.19. The van der Waals surface area contributed by atoms with Gasteiger partial charge in [0.2, 0.25) is 5.56 Å². The summed E-state index contributed by atoms with van der Waals surface area (Å²) in [6.07, 6.45) is 0. The van der Waals surface area contributed by atoms with Crippen molar-refractivity contribution in [3.63, 3.8) is 0 Å². The molecule has 2 heterocycles. The predicted molar refractivity (Wildman–Crippen MR) is 53.6 cm³/mol. The first-order valence-corrected chi connectivity index (χ1v) is 4.85. The number of nitrogens with one attached hydrogen (secondary N) is 2. The quantitative estimate of drug-likeness (QED) is 0.677. The lowest BCUT2D eigenvalue weighted by molar-refractivity contribution is 0.0768. The zero-order valence-electron chi connectivity index (χ0n) is 7.55. The normalized spacial score (nSPS) is 22.2. The molecule has 0 spiro atoms. The van der Waals surface area contributed by atoms with Crippen molar-refractivity contribution in [2.24, 2.45) is 0 Å². The van der Waals surface area contributed by atoms with Crippen LogP contribution in [0.25, 0.3) is 0 Å². The van der Waals surface area contributed by atoms with Crippen LogP contribution in [0.1, 0.15) is 11.6 Å². The number of ether oxygens (including phenoxy) is 1. The number of aromatic nitrogens is 1. The van der Waals surface area contributed by atoms with Gasteiger partial charge >= 0.3 is 0 Å². The highest BCUT2D eigenvalue weighted by atomic mass is 35.5. The summed E-state index contributed by atoms with van der Waals surface area (Å²) >= 11 is 5.91. The van der Waals surface area contributed by atoms with Gasteiger partial charge in [-0.05, 0) is 6.07 Å². The maximum Gasteiger partial charge on any atom is 0.249 e. The van der Waals surface area contributed by atoms with Crippen molar-refractivity contribution >= 4 is 11.6 Å². The minimum absolute atomic E-state index is 0.0769. The number of pyridine rings is 1. The van der Waals surface area contributed by atoms with Crippen LogP contribution < -0.4 is 10.9 Å². The van der Waals surface area contributed by atoms with Gasteiger partial charge in [0.1, 0.15) is 5.15 Å². The Labute approximate surface area is 86.2 Å². The van der Waals surface area contributed by atoms with E-state index in [1.54, 1.807) is 6.07 Å². The summed E-state index contributed by atoms with van der Waals surface area (Å²) < 4.78 is 5.31. The molecule has 14 heavy (non-hydrogen) atoms. The molecule has 1 aromatic rings. The van der Waals surface area contributed by atoms with E-state index in [9.17, 15) is 4.79 Å². The number of rotatable bonds is 1. The third-order valence-electron chi connectivity index (χ3n) is 2.20. The van der Waals surface area contributed by atoms with Crippen LogP contribution in [0.15, 0.2) is 16.9 Å². The Balaban J connectivity index is 2.26. The maximum absolute atomic E-state index is 10.9. The van der Waals surface area contributed by atoms with Crippen LogP contribution >= 0.6 is 11.6 Å². The Morgan fingerprint density at radius 3 is 3.00 bits per heavy atom. The third kappa shape index (κ3) is 1.97. The maximum atomic E-state index is 10.9. The molecule has 1 aliphatic heterocycles. The van der Waals surface area contributed by atoms with Crippen molar-refractivity contribution in [2.45, 2.75) is 6.04 Å². The van der Waals surface area contributed by atoms with Gasteiger partial charge in [0.05, 0.1) is 19.3 Å². The molecule has 2 rings (SSSR count). The standard InChI is InChI=1S/C9H11ClN2O2/c10-9-6(1-2-8(13)12-9)7-5-14-4-3-11-7/h1-2,7,11H,3-5H2,(H,12,13)/t7-/m0/s1. The van der Waals surface area contributed by atoms with Gasteiger partial charge in [-0.1, -0.05) is 11.6 Å². The third-order valence-corrected chi connectivity index (χ3v) is 2.51. The molecule has 1 fully saturated rings. The van der Waals surface area contributed by atoms with Crippen molar-refractivity contribution in [1.29, 1.82) is 0 Å². The van der Waals surface area contributed by atoms with Crippen molar-refractivity contribution in [3.05, 3.63) is 33.2 Å². The van der Waals surface area contributed by atoms with E-state index in [0.29, 0.717) is 11.8 Å². The number of H-pyrrole nitrogens is 1. The molecule has 1 saturated heterocycles. The van der Waals surface area contributed by atoms with Crippen molar-refractivity contribution in [2.75, 3.05) is 19.8 Å². The molecule has 1 aliphatic rings. The van der Waals surface area contributed by atoms with Crippen molar-refractivity contribution in [1.82, 2.24) is 10.3 Å². The molecule has 4 nitrogen and oxygen atoms in total. The van der Waals surface area contributed by atoms with Gasteiger partial charge in [0.15, 0.2) is 0 Å². The molecule has 0 saturated carbocycles. The Morgan fingerprint density at radius 2 is 2.36 bits per heavy atom. The fraction of sp³-hybridized carbons (Fsp3) is 0.444. The van der Waals surface area contributed by atoms with Crippen LogP contribution in [0.5, 0.6) is 0 Å². The van der Waals surface area contributed by atoms with Gasteiger partial charge < -0.3 is 15.0 Å². The molecule has 0 bridgehead atoms. The number of morpholine rings is 1. The van der Waals surface area contributed by atoms with E-state index < -0.39 is 0 Å². The molecule has 0 unspecified atom stereocenters. The van der Waals surface area contributed by atoms with Crippen LogP contribution in [-0.4, -0.2) is 24.7 Å². The summed E-state index contributed by atoms with van der Waals surface area (Å²) in [5.41, 5.74) is 0.696. The average molecular weight is 215 g/mol. The molecule has 0 aromatic carbocycles. The van der Waals surface area contributed by atoms with Gasteiger partial charge in [-0.15, -0.1) is 0 Å². The summed E-state index contributed by atoms with van der Waals surface area (Å²) in [4.78, 5) is 13.5. The van der Waals surface area contributed by atoms with E-state index in [1.165, 1.54) is 6.07 Å². The molecule has 0 radical (unpaired) electrons. The first kappa shape index (κ1) is 9.71. The molecule has 0 aliphatic carbocycles. The Morgan fingerprint density at radius 1 is 1.50 bits per heavy atom. The molecule has 1 aromatic heterocycles. The van der Waals surface area contributed by atoms with Crippen LogP contribution in [0.2, 0.25) is 5.15 Å². The van der Waals surface area contributed by atoms with E-state index in [-0.39, 0.29) is 11.6 Å². The molecule has 1 atom stereocenters. The van der Waals surface area contributed by atoms with Gasteiger partial charge in [-0.2, -0.15) is 0 Å². The van der Waals surface area contributed by atoms with Crippen LogP contribution in [0, 0.1) is 0 Å². The van der Waals surface area contributed by atoms with Gasteiger partial charge in [-0.25, -0.2) is 0 Å². The van der Waals surface area contributed by atoms with Crippen molar-refractivity contribution < 1.29 is 4.74 Å². The predicted octanol–water partition coefficient (Wildman–Crippen LogP) is 0.689. The number of aromatic amines is 1. The first-order valence-electron chi connectivity index (χ1n) is 4.47. The summed E-state index contributed by atoms with van der Waals surface area (Å²) in [5.74, 6) is 0. The Hall–Kier alpha value is -0.840. The number of hydrogen-bond donors (Lipinski definition) is 2. The van der Waals surface area contributed by atoms with E-state index >= 15 is 0 Å². The van der Waals surface area contributed by atoms with Gasteiger partial charge in [0, 0.05) is 18.2 Å². The topological polar surface area (TPSA) is 54.1 Å². The van der Waals surface area contributed by atoms with E-state index in [1.807, 2.05) is 0 Å². The highest BCUT2D eigenvalue weighted by molar-refractivity contribution is 6.30. The van der Waals surface area contributed by atoms with E-state index in [4.69, 9.17) is 16.3 Å². The lowest BCUT2D eigenvalue weighted by Crippen LogP contribution is -2.35. The zero-order chi connectivity index (χ0) is 9.97. The minimum atomic E-state index is -0.185. The zero-order valence-corrected chi connectivity index (χ0v) is 8.30. The lowest BCUT2D eigenvalue weighted by Gasteiger charge is -2.24. The fourth-order valence-corrected chi connectivity index (χ4v) is 1.78. The largest absolute Gasteiger partial charge is 0.378 e. The first-order chi connectivity index (χ1) is 6.77. The monoisotopic (exact) mass is 214 g/mol. The van der Waals surface area contributed by atoms with Crippen LogP contribution in [-0.2, 0) is 4.74 Å². The molecule has 2 N–H and O–H groups in total. The Kier molecular flexibility index (Phi) is 2.86. The van der Waals surface area contributed by atoms with Gasteiger partial charge in [0.25, 0.3) is 0 Å². The van der Waals surface area contributed by atoms with Crippen LogP contribution in [0.3, 0.4) is 0 Å². The number of hydrogen-bond acceptors (Lipinski definition) is 3. The smallest absolute Gasteiger partial charge is 0.249 e. The summed E-state index contributed by atoms with van der Waals surface area (Å²) in [5, 5.41) is 3.65. The van der Waals surface area contributed by atoms with Crippen LogP contribution in [0.4, 0.5) is 0 Å². The Bertz CT molecular complexity index is 371. The molecular formula is C9H11ClN2O2. The minimum Gasteiger partial charge on any atom is -0.378 e. The van der Waals surface area contributed by atoms with E-state index in [0.717, 1.165) is 18.7 Å². The molecular weight excluding hydrogens is 204 g/mol. The van der Waals surface area contributed by atoms with Gasteiger partial charge in [-0.3, -0.25) is 4.79 Å². The summed E-state index contributed by atoms with van der Waals surface area (Å²) in [7, 11) is 0. The molecule has 5 heteroatoms. The van der Waals surface area contributed by atoms with Crippen molar-refractivity contribution in [3.8, 4) is 0 Å². The summed E-state index contributed by atoms with van der Waals surface area (Å²) in [6, 6.07) is 3.28. The molecule has 76 valence electrons. The second-order valence-electron chi connectivity index (χ2n) is 3.17. The SMILES string of the molecule is O=c1ccc([C@@H]2COCCN2)c(Cl)[nH]1. The summed E-state index contributed by atoms with van der Waals surface area (Å²) in [6.45, 7) is 2.11. The second kappa shape index (κ2) is 4.13. The highest BCUT2D eigenvalue weighted by Gasteiger charge is 2.17.